The summed E-state index contributed by atoms with van der Waals surface area (Å²) in [6, 6.07) is 9.23. The Morgan fingerprint density at radius 1 is 1.09 bits per heavy atom. The summed E-state index contributed by atoms with van der Waals surface area (Å²) >= 11 is 0. The van der Waals surface area contributed by atoms with E-state index >= 15 is 0 Å². The molecule has 22 heavy (non-hydrogen) atoms. The predicted octanol–water partition coefficient (Wildman–Crippen LogP) is 2.84. The lowest BCUT2D eigenvalue weighted by Crippen LogP contribution is -2.33. The Hall–Kier alpha value is -2.83. The number of carbonyl (C=O) groups is 1. The molecule has 0 aliphatic heterocycles. The highest BCUT2D eigenvalue weighted by molar-refractivity contribution is 6.05. The van der Waals surface area contributed by atoms with Crippen LogP contribution < -0.4 is 11.1 Å². The fourth-order valence-electron chi connectivity index (χ4n) is 1.82. The van der Waals surface area contributed by atoms with Crippen molar-refractivity contribution in [1.29, 1.82) is 5.41 Å². The molecule has 0 unspecified atom stereocenters. The van der Waals surface area contributed by atoms with E-state index in [0.29, 0.717) is 0 Å². The molecular formula is C15H12F3N3O. The van der Waals surface area contributed by atoms with Crippen LogP contribution in [0.5, 0.6) is 0 Å². The monoisotopic (exact) mass is 307 g/mol. The van der Waals surface area contributed by atoms with E-state index < -0.39 is 23.2 Å². The molecule has 0 saturated carbocycles. The molecule has 0 saturated heterocycles. The van der Waals surface area contributed by atoms with E-state index in [0.717, 1.165) is 24.3 Å². The van der Waals surface area contributed by atoms with Gasteiger partial charge in [0.15, 0.2) is 0 Å². The molecule has 0 bridgehead atoms. The summed E-state index contributed by atoms with van der Waals surface area (Å²) in [5, 5.41) is 9.40. The molecule has 2 rings (SSSR count). The van der Waals surface area contributed by atoms with Crippen molar-refractivity contribution in [2.75, 3.05) is 5.32 Å². The summed E-state index contributed by atoms with van der Waals surface area (Å²) < 4.78 is 40.9. The second-order valence-corrected chi connectivity index (χ2v) is 4.49. The van der Waals surface area contributed by atoms with E-state index in [1.807, 2.05) is 5.32 Å². The highest BCUT2D eigenvalue weighted by Gasteiger charge is 2.41. The summed E-state index contributed by atoms with van der Waals surface area (Å²) in [4.78, 5) is 11.8. The van der Waals surface area contributed by atoms with Gasteiger partial charge in [-0.25, -0.2) is 4.39 Å². The zero-order chi connectivity index (χ0) is 16.3. The first kappa shape index (κ1) is 15.6. The van der Waals surface area contributed by atoms with E-state index in [1.54, 1.807) is 6.07 Å². The highest BCUT2D eigenvalue weighted by Crippen LogP contribution is 2.30. The van der Waals surface area contributed by atoms with Gasteiger partial charge < -0.3 is 11.1 Å². The van der Waals surface area contributed by atoms with Crippen molar-refractivity contribution < 1.29 is 18.0 Å². The van der Waals surface area contributed by atoms with Gasteiger partial charge in [-0.15, -0.1) is 0 Å². The summed E-state index contributed by atoms with van der Waals surface area (Å²) in [6.07, 6.45) is 0. The Morgan fingerprint density at radius 3 is 2.27 bits per heavy atom. The molecule has 114 valence electrons. The Kier molecular flexibility index (Phi) is 4.16. The van der Waals surface area contributed by atoms with Gasteiger partial charge in [0.1, 0.15) is 11.7 Å². The lowest BCUT2D eigenvalue weighted by molar-refractivity contribution is -0.140. The van der Waals surface area contributed by atoms with Gasteiger partial charge >= 0.3 is 5.92 Å². The van der Waals surface area contributed by atoms with Crippen LogP contribution in [0.4, 0.5) is 18.9 Å². The van der Waals surface area contributed by atoms with Gasteiger partial charge in [0.25, 0.3) is 5.91 Å². The maximum atomic E-state index is 14.1. The summed E-state index contributed by atoms with van der Waals surface area (Å²) in [5.41, 5.74) is 4.83. The van der Waals surface area contributed by atoms with E-state index in [9.17, 15) is 18.0 Å². The molecular weight excluding hydrogens is 295 g/mol. The Morgan fingerprint density at radius 2 is 1.68 bits per heavy atom. The SMILES string of the molecule is N=C(N)c1ccccc1NC(=O)C(F)(F)c1ccc(F)cc1. The molecule has 2 aromatic rings. The van der Waals surface area contributed by atoms with Crippen LogP contribution in [0.2, 0.25) is 0 Å². The second-order valence-electron chi connectivity index (χ2n) is 4.49. The zero-order valence-corrected chi connectivity index (χ0v) is 11.2. The van der Waals surface area contributed by atoms with E-state index in [2.05, 4.69) is 0 Å². The van der Waals surface area contributed by atoms with Crippen LogP contribution in [0.15, 0.2) is 48.5 Å². The van der Waals surface area contributed by atoms with Gasteiger partial charge in [0.2, 0.25) is 0 Å². The normalized spacial score (nSPS) is 11.0. The minimum absolute atomic E-state index is 0.00165. The highest BCUT2D eigenvalue weighted by atomic mass is 19.3. The van der Waals surface area contributed by atoms with Crippen molar-refractivity contribution >= 4 is 17.4 Å². The van der Waals surface area contributed by atoms with Crippen molar-refractivity contribution in [2.24, 2.45) is 5.73 Å². The van der Waals surface area contributed by atoms with Crippen LogP contribution in [0.1, 0.15) is 11.1 Å². The molecule has 0 radical (unpaired) electrons. The number of para-hydroxylation sites is 1. The van der Waals surface area contributed by atoms with Gasteiger partial charge in [-0.3, -0.25) is 10.2 Å². The molecule has 0 aliphatic rings. The minimum atomic E-state index is -3.85. The van der Waals surface area contributed by atoms with Crippen LogP contribution in [0.3, 0.4) is 0 Å². The largest absolute Gasteiger partial charge is 0.384 e. The average Bonchev–Trinajstić information content (AvgIpc) is 2.48. The number of anilines is 1. The molecule has 0 aliphatic carbocycles. The van der Waals surface area contributed by atoms with E-state index in [4.69, 9.17) is 11.1 Å². The number of nitrogens with two attached hydrogens (primary N) is 1. The Labute approximate surface area is 124 Å². The fourth-order valence-corrected chi connectivity index (χ4v) is 1.82. The molecule has 0 spiro atoms. The average molecular weight is 307 g/mol. The van der Waals surface area contributed by atoms with Gasteiger partial charge in [-0.05, 0) is 36.4 Å². The number of amidine groups is 1. The Bertz CT molecular complexity index is 714. The number of amides is 1. The smallest absolute Gasteiger partial charge is 0.350 e. The molecule has 2 aromatic carbocycles. The molecule has 4 nitrogen and oxygen atoms in total. The third-order valence-electron chi connectivity index (χ3n) is 2.96. The van der Waals surface area contributed by atoms with Crippen LogP contribution >= 0.6 is 0 Å². The maximum Gasteiger partial charge on any atom is 0.350 e. The first-order valence-electron chi connectivity index (χ1n) is 6.21. The first-order valence-corrected chi connectivity index (χ1v) is 6.21. The number of rotatable bonds is 4. The fraction of sp³-hybridized carbons (Fsp3) is 0.0667. The summed E-state index contributed by atoms with van der Waals surface area (Å²) in [7, 11) is 0. The number of nitrogens with one attached hydrogen (secondary N) is 2. The van der Waals surface area contributed by atoms with Gasteiger partial charge in [-0.2, -0.15) is 8.78 Å². The summed E-state index contributed by atoms with van der Waals surface area (Å²) in [5.74, 6) is -6.48. The second kappa shape index (κ2) is 5.88. The van der Waals surface area contributed by atoms with Crippen molar-refractivity contribution in [3.05, 3.63) is 65.5 Å². The van der Waals surface area contributed by atoms with Crippen LogP contribution in [-0.2, 0) is 10.7 Å². The first-order chi connectivity index (χ1) is 10.3. The molecule has 1 amide bonds. The summed E-state index contributed by atoms with van der Waals surface area (Å²) in [6.45, 7) is 0. The Balaban J connectivity index is 2.28. The van der Waals surface area contributed by atoms with E-state index in [1.165, 1.54) is 18.2 Å². The number of halogens is 3. The number of benzene rings is 2. The van der Waals surface area contributed by atoms with Gasteiger partial charge in [0.05, 0.1) is 5.69 Å². The van der Waals surface area contributed by atoms with Crippen molar-refractivity contribution in [1.82, 2.24) is 0 Å². The van der Waals surface area contributed by atoms with Crippen molar-refractivity contribution in [3.63, 3.8) is 0 Å². The molecule has 0 heterocycles. The number of hydrogen-bond acceptors (Lipinski definition) is 2. The zero-order valence-electron chi connectivity index (χ0n) is 11.2. The van der Waals surface area contributed by atoms with E-state index in [-0.39, 0.29) is 17.1 Å². The molecule has 7 heteroatoms. The predicted molar refractivity (Wildman–Crippen MR) is 76.4 cm³/mol. The topological polar surface area (TPSA) is 79.0 Å². The minimum Gasteiger partial charge on any atom is -0.384 e. The maximum absolute atomic E-state index is 14.1. The quantitative estimate of drug-likeness (QED) is 0.600. The van der Waals surface area contributed by atoms with Crippen LogP contribution in [0.25, 0.3) is 0 Å². The number of nitrogen functional groups attached to an aromatic ring is 1. The molecule has 0 fully saturated rings. The third-order valence-corrected chi connectivity index (χ3v) is 2.96. The van der Waals surface area contributed by atoms with Crippen molar-refractivity contribution in [2.45, 2.75) is 5.92 Å². The molecule has 4 N–H and O–H groups in total. The lowest BCUT2D eigenvalue weighted by Gasteiger charge is -2.17. The molecule has 0 atom stereocenters. The number of carbonyl (C=O) groups excluding carboxylic acids is 1. The third kappa shape index (κ3) is 3.08. The standard InChI is InChI=1S/C15H12F3N3O/c16-10-7-5-9(6-8-10)15(17,18)14(22)21-12-4-2-1-3-11(12)13(19)20/h1-8H,(H3,19,20)(H,21,22). The van der Waals surface area contributed by atoms with Crippen LogP contribution in [0, 0.1) is 11.2 Å². The molecule has 0 aromatic heterocycles. The lowest BCUT2D eigenvalue weighted by atomic mass is 10.1. The van der Waals surface area contributed by atoms with Gasteiger partial charge in [0, 0.05) is 11.1 Å². The number of hydrogen-bond donors (Lipinski definition) is 3. The number of alkyl halides is 2. The van der Waals surface area contributed by atoms with Crippen LogP contribution in [-0.4, -0.2) is 11.7 Å². The van der Waals surface area contributed by atoms with Crippen molar-refractivity contribution in [3.8, 4) is 0 Å². The van der Waals surface area contributed by atoms with Gasteiger partial charge in [-0.1, -0.05) is 12.1 Å².